The number of aliphatic imine (C=N–C) groups is 2. The molecule has 4 nitrogen and oxygen atoms in total. The van der Waals surface area contributed by atoms with E-state index >= 15 is 0 Å². The molecule has 0 unspecified atom stereocenters. The van der Waals surface area contributed by atoms with Crippen molar-refractivity contribution in [3.8, 4) is 0 Å². The number of methoxy groups -OCH3 is 1. The van der Waals surface area contributed by atoms with Gasteiger partial charge >= 0.3 is 0 Å². The molecule has 1 aromatic carbocycles. The summed E-state index contributed by atoms with van der Waals surface area (Å²) >= 11 is 0. The zero-order chi connectivity index (χ0) is 16.4. The van der Waals surface area contributed by atoms with E-state index in [4.69, 9.17) is 9.73 Å². The minimum absolute atomic E-state index is 0.762. The minimum atomic E-state index is 0.762. The van der Waals surface area contributed by atoms with Crippen molar-refractivity contribution in [3.63, 3.8) is 0 Å². The summed E-state index contributed by atoms with van der Waals surface area (Å²) in [5, 5.41) is 0. The van der Waals surface area contributed by atoms with Gasteiger partial charge in [-0.25, -0.2) is 4.99 Å². The van der Waals surface area contributed by atoms with Crippen LogP contribution in [0.4, 0.5) is 5.69 Å². The Morgan fingerprint density at radius 2 is 1.96 bits per heavy atom. The van der Waals surface area contributed by atoms with Crippen molar-refractivity contribution in [3.05, 3.63) is 70.4 Å². The lowest BCUT2D eigenvalue weighted by Crippen LogP contribution is -1.92. The molecule has 0 aliphatic carbocycles. The number of aromatic nitrogens is 1. The Bertz CT molecular complexity index is 836. The van der Waals surface area contributed by atoms with Crippen molar-refractivity contribution in [2.24, 2.45) is 9.98 Å². The van der Waals surface area contributed by atoms with E-state index in [1.165, 1.54) is 5.56 Å². The number of H-pyrrole nitrogens is 1. The van der Waals surface area contributed by atoms with E-state index in [9.17, 15) is 0 Å². The molecule has 1 aliphatic rings. The molecule has 116 valence electrons. The molecule has 0 spiro atoms. The highest BCUT2D eigenvalue weighted by Gasteiger charge is 2.17. The fourth-order valence-corrected chi connectivity index (χ4v) is 2.60. The molecular formula is C19H19N3O. The molecule has 4 heteroatoms. The highest BCUT2D eigenvalue weighted by molar-refractivity contribution is 6.12. The molecule has 2 aromatic rings. The Balaban J connectivity index is 1.98. The summed E-state index contributed by atoms with van der Waals surface area (Å²) in [6, 6.07) is 9.93. The van der Waals surface area contributed by atoms with Crippen LogP contribution < -0.4 is 0 Å². The number of ether oxygens (including phenoxy) is 1. The maximum Gasteiger partial charge on any atom is 0.146 e. The summed E-state index contributed by atoms with van der Waals surface area (Å²) < 4.78 is 5.48. The van der Waals surface area contributed by atoms with Crippen LogP contribution in [0.1, 0.15) is 22.5 Å². The SMILES string of the molecule is C=Nc1ccc(C2=N/C(=C\c3[nH]c(C)cc3C)C(OC)=C2)cc1. The lowest BCUT2D eigenvalue weighted by Gasteiger charge is -2.01. The van der Waals surface area contributed by atoms with Gasteiger partial charge in [0.15, 0.2) is 0 Å². The Morgan fingerprint density at radius 1 is 1.22 bits per heavy atom. The third kappa shape index (κ3) is 3.01. The van der Waals surface area contributed by atoms with Gasteiger partial charge in [0.25, 0.3) is 0 Å². The van der Waals surface area contributed by atoms with E-state index < -0.39 is 0 Å². The van der Waals surface area contributed by atoms with Gasteiger partial charge in [0.05, 0.1) is 18.5 Å². The molecule has 0 saturated carbocycles. The van der Waals surface area contributed by atoms with Crippen molar-refractivity contribution in [2.45, 2.75) is 13.8 Å². The molecule has 3 rings (SSSR count). The molecular weight excluding hydrogens is 286 g/mol. The number of nitrogens with one attached hydrogen (secondary N) is 1. The summed E-state index contributed by atoms with van der Waals surface area (Å²) in [5.74, 6) is 0.762. The standard InChI is InChI=1S/C19H19N3O/c1-12-9-13(2)21-16(12)10-18-19(23-4)11-17(22-18)14-5-7-15(20-3)8-6-14/h5-11,21H,3H2,1-2,4H3/b18-10-. The van der Waals surface area contributed by atoms with Gasteiger partial charge in [0, 0.05) is 23.0 Å². The Labute approximate surface area is 136 Å². The quantitative estimate of drug-likeness (QED) is 0.839. The van der Waals surface area contributed by atoms with Crippen molar-refractivity contribution in [2.75, 3.05) is 7.11 Å². The van der Waals surface area contributed by atoms with Crippen LogP contribution in [0.2, 0.25) is 0 Å². The first-order valence-electron chi connectivity index (χ1n) is 7.40. The van der Waals surface area contributed by atoms with Gasteiger partial charge in [0.1, 0.15) is 11.5 Å². The van der Waals surface area contributed by atoms with Crippen LogP contribution in [-0.4, -0.2) is 24.5 Å². The summed E-state index contributed by atoms with van der Waals surface area (Å²) in [6.07, 6.45) is 3.97. The second-order valence-electron chi connectivity index (χ2n) is 5.49. The van der Waals surface area contributed by atoms with Crippen LogP contribution in [0.3, 0.4) is 0 Å². The first kappa shape index (κ1) is 15.0. The fourth-order valence-electron chi connectivity index (χ4n) is 2.60. The Morgan fingerprint density at radius 3 is 2.52 bits per heavy atom. The normalized spacial score (nSPS) is 15.5. The molecule has 0 fully saturated rings. The predicted octanol–water partition coefficient (Wildman–Crippen LogP) is 4.34. The van der Waals surface area contributed by atoms with Gasteiger partial charge in [-0.3, -0.25) is 4.99 Å². The second kappa shape index (κ2) is 6.08. The lowest BCUT2D eigenvalue weighted by molar-refractivity contribution is 0.303. The maximum absolute atomic E-state index is 5.48. The molecule has 1 N–H and O–H groups in total. The zero-order valence-corrected chi connectivity index (χ0v) is 13.6. The van der Waals surface area contributed by atoms with E-state index in [1.54, 1.807) is 7.11 Å². The van der Waals surface area contributed by atoms with E-state index in [0.29, 0.717) is 0 Å². The fraction of sp³-hybridized carbons (Fsp3) is 0.158. The number of benzene rings is 1. The Hall–Kier alpha value is -2.88. The largest absolute Gasteiger partial charge is 0.494 e. The van der Waals surface area contributed by atoms with E-state index in [-0.39, 0.29) is 0 Å². The molecule has 0 saturated heterocycles. The lowest BCUT2D eigenvalue weighted by atomic mass is 10.1. The molecule has 23 heavy (non-hydrogen) atoms. The van der Waals surface area contributed by atoms with Gasteiger partial charge in [-0.15, -0.1) is 0 Å². The second-order valence-corrected chi connectivity index (χ2v) is 5.49. The van der Waals surface area contributed by atoms with E-state index in [1.807, 2.05) is 43.3 Å². The number of aryl methyl sites for hydroxylation is 2. The highest BCUT2D eigenvalue weighted by atomic mass is 16.5. The zero-order valence-electron chi connectivity index (χ0n) is 13.6. The number of nitrogens with zero attached hydrogens (tertiary/aromatic N) is 2. The smallest absolute Gasteiger partial charge is 0.146 e. The number of hydrogen-bond donors (Lipinski definition) is 1. The average Bonchev–Trinajstić information content (AvgIpc) is 3.10. The van der Waals surface area contributed by atoms with Crippen LogP contribution in [0.5, 0.6) is 0 Å². The average molecular weight is 305 g/mol. The number of aromatic amines is 1. The van der Waals surface area contributed by atoms with Crippen molar-refractivity contribution >= 4 is 24.2 Å². The molecule has 0 bridgehead atoms. The topological polar surface area (TPSA) is 49.7 Å². The summed E-state index contributed by atoms with van der Waals surface area (Å²) in [4.78, 5) is 12.0. The van der Waals surface area contributed by atoms with Crippen LogP contribution in [0.25, 0.3) is 6.08 Å². The summed E-state index contributed by atoms with van der Waals surface area (Å²) in [6.45, 7) is 7.65. The van der Waals surface area contributed by atoms with Crippen molar-refractivity contribution in [1.82, 2.24) is 4.98 Å². The third-order valence-corrected chi connectivity index (χ3v) is 3.80. The number of rotatable bonds is 4. The minimum Gasteiger partial charge on any atom is -0.494 e. The monoisotopic (exact) mass is 305 g/mol. The van der Waals surface area contributed by atoms with Crippen molar-refractivity contribution < 1.29 is 4.74 Å². The molecule has 0 radical (unpaired) electrons. The first-order chi connectivity index (χ1) is 11.1. The molecule has 1 aromatic heterocycles. The number of hydrogen-bond acceptors (Lipinski definition) is 3. The maximum atomic E-state index is 5.48. The van der Waals surface area contributed by atoms with Gasteiger partial charge in [-0.1, -0.05) is 12.1 Å². The third-order valence-electron chi connectivity index (χ3n) is 3.80. The van der Waals surface area contributed by atoms with E-state index in [0.717, 1.165) is 39.8 Å². The predicted molar refractivity (Wildman–Crippen MR) is 95.5 cm³/mol. The van der Waals surface area contributed by atoms with Gasteiger partial charge < -0.3 is 9.72 Å². The van der Waals surface area contributed by atoms with E-state index in [2.05, 4.69) is 29.7 Å². The van der Waals surface area contributed by atoms with Gasteiger partial charge in [0.2, 0.25) is 0 Å². The van der Waals surface area contributed by atoms with Gasteiger partial charge in [-0.05, 0) is 50.4 Å². The first-order valence-corrected chi connectivity index (χ1v) is 7.40. The van der Waals surface area contributed by atoms with Crippen LogP contribution in [-0.2, 0) is 4.74 Å². The van der Waals surface area contributed by atoms with Crippen LogP contribution in [0.15, 0.2) is 57.8 Å². The molecule has 0 atom stereocenters. The molecule has 2 heterocycles. The Kier molecular flexibility index (Phi) is 3.98. The summed E-state index contributed by atoms with van der Waals surface area (Å²) in [7, 11) is 1.66. The number of allylic oxidation sites excluding steroid dienone is 1. The molecule has 1 aliphatic heterocycles. The van der Waals surface area contributed by atoms with Crippen LogP contribution >= 0.6 is 0 Å². The highest BCUT2D eigenvalue weighted by Crippen LogP contribution is 2.26. The van der Waals surface area contributed by atoms with Crippen LogP contribution in [0, 0.1) is 13.8 Å². The van der Waals surface area contributed by atoms with Gasteiger partial charge in [-0.2, -0.15) is 0 Å². The molecule has 0 amide bonds. The summed E-state index contributed by atoms with van der Waals surface area (Å²) in [5.41, 5.74) is 6.94. The van der Waals surface area contributed by atoms with Crippen molar-refractivity contribution in [1.29, 1.82) is 0 Å².